The zero-order valence-corrected chi connectivity index (χ0v) is 19.0. The number of amides is 2. The van der Waals surface area contributed by atoms with Crippen LogP contribution < -0.4 is 10.6 Å². The van der Waals surface area contributed by atoms with Crippen LogP contribution in [-0.2, 0) is 19.1 Å². The Hall–Kier alpha value is -0.880. The average Bonchev–Trinajstić information content (AvgIpc) is 2.57. The van der Waals surface area contributed by atoms with Crippen LogP contribution in [0.25, 0.3) is 0 Å². The molecule has 0 saturated carbocycles. The number of hydrogen-bond acceptors (Lipinski definition) is 6. The Labute approximate surface area is 172 Å². The fourth-order valence-corrected chi connectivity index (χ4v) is 3.77. The zero-order chi connectivity index (χ0) is 20.7. The number of carbonyl (C=O) groups excluding carboxylic acids is 2. The minimum absolute atomic E-state index is 0.00455. The molecule has 0 saturated heterocycles. The Bertz CT molecular complexity index is 500. The third kappa shape index (κ3) is 17.0. The summed E-state index contributed by atoms with van der Waals surface area (Å²) in [4.78, 5) is 22.6. The van der Waals surface area contributed by atoms with Crippen LogP contribution in [0.1, 0.15) is 41.5 Å². The van der Waals surface area contributed by atoms with Crippen LogP contribution in [0.5, 0.6) is 0 Å². The summed E-state index contributed by atoms with van der Waals surface area (Å²) >= 11 is 0. The Balaban J connectivity index is 3.68. The lowest BCUT2D eigenvalue weighted by molar-refractivity contribution is -0.126. The number of nitrogens with one attached hydrogen (secondary N) is 2. The highest BCUT2D eigenvalue weighted by atomic mass is 33.1. The zero-order valence-electron chi connectivity index (χ0n) is 17.3. The van der Waals surface area contributed by atoms with Crippen molar-refractivity contribution < 1.29 is 19.1 Å². The molecule has 0 atom stereocenters. The molecule has 6 nitrogen and oxygen atoms in total. The van der Waals surface area contributed by atoms with E-state index in [4.69, 9.17) is 9.47 Å². The highest BCUT2D eigenvalue weighted by Crippen LogP contribution is 2.36. The van der Waals surface area contributed by atoms with Gasteiger partial charge in [-0.3, -0.25) is 9.59 Å². The van der Waals surface area contributed by atoms with Gasteiger partial charge >= 0.3 is 0 Å². The highest BCUT2D eigenvalue weighted by molar-refractivity contribution is 8.77. The van der Waals surface area contributed by atoms with Crippen LogP contribution in [0, 0.1) is 23.7 Å². The second-order valence-corrected chi connectivity index (χ2v) is 9.91. The first-order valence-corrected chi connectivity index (χ1v) is 11.5. The van der Waals surface area contributed by atoms with E-state index in [1.807, 2.05) is 41.5 Å². The second-order valence-electron chi connectivity index (χ2n) is 6.90. The Morgan fingerprint density at radius 1 is 1.11 bits per heavy atom. The summed E-state index contributed by atoms with van der Waals surface area (Å²) in [5, 5.41) is 5.57. The van der Waals surface area contributed by atoms with Crippen LogP contribution in [0.15, 0.2) is 0 Å². The van der Waals surface area contributed by atoms with E-state index < -0.39 is 0 Å². The molecule has 0 aromatic carbocycles. The van der Waals surface area contributed by atoms with Gasteiger partial charge in [-0.25, -0.2) is 0 Å². The van der Waals surface area contributed by atoms with Gasteiger partial charge in [-0.2, -0.15) is 0 Å². The van der Waals surface area contributed by atoms with Gasteiger partial charge in [0.25, 0.3) is 0 Å². The van der Waals surface area contributed by atoms with E-state index in [1.54, 1.807) is 21.6 Å². The fraction of sp³-hybridized carbons (Fsp3) is 0.789. The van der Waals surface area contributed by atoms with Crippen molar-refractivity contribution in [3.05, 3.63) is 0 Å². The summed E-state index contributed by atoms with van der Waals surface area (Å²) in [6.45, 7) is 13.5. The van der Waals surface area contributed by atoms with Crippen LogP contribution >= 0.6 is 21.6 Å². The molecule has 0 aliphatic rings. The maximum absolute atomic E-state index is 11.6. The van der Waals surface area contributed by atoms with Crippen LogP contribution in [0.3, 0.4) is 0 Å². The molecule has 0 heterocycles. The van der Waals surface area contributed by atoms with Crippen LogP contribution in [0.2, 0.25) is 0 Å². The molecule has 0 aliphatic heterocycles. The number of hydrogen-bond donors (Lipinski definition) is 2. The van der Waals surface area contributed by atoms with E-state index in [2.05, 4.69) is 22.5 Å². The average molecular weight is 419 g/mol. The molecule has 0 aromatic heterocycles. The predicted octanol–water partition coefficient (Wildman–Crippen LogP) is 2.68. The molecule has 0 bridgehead atoms. The van der Waals surface area contributed by atoms with Crippen molar-refractivity contribution >= 4 is 33.4 Å². The topological polar surface area (TPSA) is 76.7 Å². The van der Waals surface area contributed by atoms with Crippen molar-refractivity contribution in [3.63, 3.8) is 0 Å². The predicted molar refractivity (Wildman–Crippen MR) is 114 cm³/mol. The first kappa shape index (κ1) is 26.1. The maximum atomic E-state index is 11.6. The molecule has 0 unspecified atom stereocenters. The second kappa shape index (κ2) is 15.1. The van der Waals surface area contributed by atoms with Gasteiger partial charge in [0, 0.05) is 24.1 Å². The number of carbonyl (C=O) groups is 2. The quantitative estimate of drug-likeness (QED) is 0.207. The van der Waals surface area contributed by atoms with Crippen molar-refractivity contribution in [2.45, 2.75) is 46.5 Å². The molecule has 27 heavy (non-hydrogen) atoms. The van der Waals surface area contributed by atoms with E-state index in [0.29, 0.717) is 32.2 Å². The smallest absolute Gasteiger partial charge is 0.246 e. The summed E-state index contributed by atoms with van der Waals surface area (Å²) in [5.41, 5.74) is 0. The van der Waals surface area contributed by atoms with Gasteiger partial charge < -0.3 is 20.1 Å². The molecule has 0 spiro atoms. The monoisotopic (exact) mass is 418 g/mol. The lowest BCUT2D eigenvalue weighted by Crippen LogP contribution is -2.30. The Morgan fingerprint density at radius 2 is 1.81 bits per heavy atom. The summed E-state index contributed by atoms with van der Waals surface area (Å²) in [6, 6.07) is 0. The number of ether oxygens (including phenoxy) is 2. The molecule has 156 valence electrons. The maximum Gasteiger partial charge on any atom is 0.246 e. The third-order valence-electron chi connectivity index (χ3n) is 2.94. The van der Waals surface area contributed by atoms with Crippen LogP contribution in [0.4, 0.5) is 0 Å². The SMILES string of the molecule is CC(C)C#CCNC(=O)COCCOC(C)(C)SSCCNC(=O)C(C)C. The molecule has 8 heteroatoms. The molecule has 0 aromatic rings. The van der Waals surface area contributed by atoms with Gasteiger partial charge in [0.15, 0.2) is 0 Å². The molecule has 0 aliphatic carbocycles. The van der Waals surface area contributed by atoms with Gasteiger partial charge in [-0.15, -0.1) is 0 Å². The standard InChI is InChI=1S/C19H34N2O4S2/c1-15(2)8-7-9-20-17(22)14-24-11-12-25-19(5,6)27-26-13-10-21-18(23)16(3)4/h15-16H,9-14H2,1-6H3,(H,20,22)(H,21,23). The van der Waals surface area contributed by atoms with E-state index in [1.165, 1.54) is 0 Å². The van der Waals surface area contributed by atoms with E-state index in [0.717, 1.165) is 5.75 Å². The molecule has 0 rings (SSSR count). The minimum atomic E-state index is -0.370. The molecule has 0 fully saturated rings. The Kier molecular flexibility index (Phi) is 14.6. The summed E-state index contributed by atoms with van der Waals surface area (Å²) in [6.07, 6.45) is 0. The number of rotatable bonds is 13. The largest absolute Gasteiger partial charge is 0.369 e. The van der Waals surface area contributed by atoms with Gasteiger partial charge in [0.05, 0.1) is 19.8 Å². The molecule has 2 N–H and O–H groups in total. The molecular weight excluding hydrogens is 384 g/mol. The first-order valence-electron chi connectivity index (χ1n) is 9.19. The third-order valence-corrected chi connectivity index (χ3v) is 6.01. The van der Waals surface area contributed by atoms with Gasteiger partial charge in [-0.05, 0) is 13.8 Å². The van der Waals surface area contributed by atoms with Crippen molar-refractivity contribution in [3.8, 4) is 11.8 Å². The van der Waals surface area contributed by atoms with E-state index in [-0.39, 0.29) is 29.3 Å². The van der Waals surface area contributed by atoms with Crippen molar-refractivity contribution in [2.24, 2.45) is 11.8 Å². The van der Waals surface area contributed by atoms with Crippen molar-refractivity contribution in [1.82, 2.24) is 10.6 Å². The van der Waals surface area contributed by atoms with Gasteiger partial charge in [0.1, 0.15) is 11.5 Å². The summed E-state index contributed by atoms with van der Waals surface area (Å²) in [7, 11) is 3.27. The lowest BCUT2D eigenvalue weighted by atomic mass is 10.2. The fourth-order valence-electron chi connectivity index (χ4n) is 1.59. The molecule has 2 amide bonds. The van der Waals surface area contributed by atoms with Crippen molar-refractivity contribution in [1.29, 1.82) is 0 Å². The van der Waals surface area contributed by atoms with E-state index in [9.17, 15) is 9.59 Å². The van der Waals surface area contributed by atoms with Gasteiger partial charge in [0.2, 0.25) is 11.8 Å². The van der Waals surface area contributed by atoms with Gasteiger partial charge in [-0.1, -0.05) is 61.1 Å². The summed E-state index contributed by atoms with van der Waals surface area (Å²) in [5.74, 6) is 6.88. The minimum Gasteiger partial charge on any atom is -0.369 e. The normalized spacial score (nSPS) is 11.3. The van der Waals surface area contributed by atoms with E-state index >= 15 is 0 Å². The highest BCUT2D eigenvalue weighted by Gasteiger charge is 2.19. The lowest BCUT2D eigenvalue weighted by Gasteiger charge is -2.23. The molecular formula is C19H34N2O4S2. The molecule has 0 radical (unpaired) electrons. The van der Waals surface area contributed by atoms with Crippen molar-refractivity contribution in [2.75, 3.05) is 38.7 Å². The Morgan fingerprint density at radius 3 is 2.44 bits per heavy atom. The van der Waals surface area contributed by atoms with Crippen LogP contribution in [-0.4, -0.2) is 55.4 Å². The first-order chi connectivity index (χ1) is 12.6. The summed E-state index contributed by atoms with van der Waals surface area (Å²) < 4.78 is 11.1.